The SMILES string of the molecule is Cc1ccc(C(=O)N/N=C\c2ccccc2F)cc1[N+](=O)[O-]. The highest BCUT2D eigenvalue weighted by molar-refractivity contribution is 5.95. The molecule has 0 radical (unpaired) electrons. The van der Waals surface area contributed by atoms with Crippen LogP contribution in [0.2, 0.25) is 0 Å². The van der Waals surface area contributed by atoms with Crippen molar-refractivity contribution in [2.24, 2.45) is 5.10 Å². The maximum absolute atomic E-state index is 13.3. The lowest BCUT2D eigenvalue weighted by Gasteiger charge is -2.02. The van der Waals surface area contributed by atoms with Crippen LogP contribution >= 0.6 is 0 Å². The summed E-state index contributed by atoms with van der Waals surface area (Å²) in [7, 11) is 0. The fourth-order valence-corrected chi connectivity index (χ4v) is 1.75. The Balaban J connectivity index is 2.12. The Kier molecular flexibility index (Phi) is 4.57. The lowest BCUT2D eigenvalue weighted by Crippen LogP contribution is -2.18. The molecule has 0 fully saturated rings. The minimum absolute atomic E-state index is 0.1000. The molecular formula is C15H12FN3O3. The molecule has 0 aliphatic carbocycles. The number of amides is 1. The molecule has 0 aliphatic rings. The van der Waals surface area contributed by atoms with Crippen molar-refractivity contribution in [2.75, 3.05) is 0 Å². The Morgan fingerprint density at radius 3 is 2.73 bits per heavy atom. The summed E-state index contributed by atoms with van der Waals surface area (Å²) in [5.41, 5.74) is 2.83. The van der Waals surface area contributed by atoms with Crippen LogP contribution in [0.25, 0.3) is 0 Å². The first-order chi connectivity index (χ1) is 10.5. The van der Waals surface area contributed by atoms with Crippen LogP contribution in [0.15, 0.2) is 47.6 Å². The number of aryl methyl sites for hydroxylation is 1. The molecule has 0 bridgehead atoms. The fourth-order valence-electron chi connectivity index (χ4n) is 1.75. The Morgan fingerprint density at radius 2 is 2.05 bits per heavy atom. The standard InChI is InChI=1S/C15H12FN3O3/c1-10-6-7-11(8-14(10)19(21)22)15(20)18-17-9-12-4-2-3-5-13(12)16/h2-9H,1H3,(H,18,20)/b17-9-. The molecule has 2 aromatic rings. The van der Waals surface area contributed by atoms with Gasteiger partial charge in [-0.3, -0.25) is 14.9 Å². The number of nitro benzene ring substituents is 1. The normalized spacial score (nSPS) is 10.6. The van der Waals surface area contributed by atoms with Crippen LogP contribution < -0.4 is 5.43 Å². The maximum atomic E-state index is 13.3. The summed E-state index contributed by atoms with van der Waals surface area (Å²) in [5, 5.41) is 14.5. The molecule has 0 aromatic heterocycles. The number of benzene rings is 2. The van der Waals surface area contributed by atoms with Gasteiger partial charge >= 0.3 is 0 Å². The molecule has 0 heterocycles. The molecular weight excluding hydrogens is 289 g/mol. The van der Waals surface area contributed by atoms with Crippen molar-refractivity contribution in [2.45, 2.75) is 6.92 Å². The summed E-state index contributed by atoms with van der Waals surface area (Å²) in [6.45, 7) is 1.58. The first-order valence-electron chi connectivity index (χ1n) is 6.32. The highest BCUT2D eigenvalue weighted by atomic mass is 19.1. The largest absolute Gasteiger partial charge is 0.273 e. The molecule has 112 valence electrons. The molecule has 2 rings (SSSR count). The lowest BCUT2D eigenvalue weighted by molar-refractivity contribution is -0.385. The van der Waals surface area contributed by atoms with E-state index < -0.39 is 16.6 Å². The zero-order chi connectivity index (χ0) is 16.1. The zero-order valence-corrected chi connectivity index (χ0v) is 11.6. The summed E-state index contributed by atoms with van der Waals surface area (Å²) in [4.78, 5) is 22.1. The average Bonchev–Trinajstić information content (AvgIpc) is 2.49. The fraction of sp³-hybridized carbons (Fsp3) is 0.0667. The quantitative estimate of drug-likeness (QED) is 0.535. The van der Waals surface area contributed by atoms with Gasteiger partial charge in [0.2, 0.25) is 0 Å². The molecule has 1 N–H and O–H groups in total. The number of rotatable bonds is 4. The van der Waals surface area contributed by atoms with Crippen molar-refractivity contribution >= 4 is 17.8 Å². The predicted octanol–water partition coefficient (Wildman–Crippen LogP) is 2.81. The van der Waals surface area contributed by atoms with Crippen LogP contribution in [0.5, 0.6) is 0 Å². The van der Waals surface area contributed by atoms with Gasteiger partial charge < -0.3 is 0 Å². The van der Waals surface area contributed by atoms with Crippen molar-refractivity contribution in [3.05, 3.63) is 75.1 Å². The highest BCUT2D eigenvalue weighted by Gasteiger charge is 2.14. The summed E-state index contributed by atoms with van der Waals surface area (Å²) in [5.74, 6) is -1.08. The number of hydrogen-bond acceptors (Lipinski definition) is 4. The number of carbonyl (C=O) groups excluding carboxylic acids is 1. The van der Waals surface area contributed by atoms with E-state index >= 15 is 0 Å². The maximum Gasteiger partial charge on any atom is 0.273 e. The summed E-state index contributed by atoms with van der Waals surface area (Å²) < 4.78 is 13.3. The third-order valence-electron chi connectivity index (χ3n) is 2.94. The van der Waals surface area contributed by atoms with E-state index in [1.807, 2.05) is 0 Å². The minimum Gasteiger partial charge on any atom is -0.267 e. The molecule has 2 aromatic carbocycles. The van der Waals surface area contributed by atoms with Gasteiger partial charge in [-0.05, 0) is 19.1 Å². The van der Waals surface area contributed by atoms with E-state index in [1.54, 1.807) is 13.0 Å². The Morgan fingerprint density at radius 1 is 1.32 bits per heavy atom. The van der Waals surface area contributed by atoms with E-state index in [0.29, 0.717) is 5.56 Å². The van der Waals surface area contributed by atoms with Gasteiger partial charge in [-0.15, -0.1) is 0 Å². The number of nitrogens with one attached hydrogen (secondary N) is 1. The monoisotopic (exact) mass is 301 g/mol. The van der Waals surface area contributed by atoms with Gasteiger partial charge in [0, 0.05) is 22.8 Å². The molecule has 22 heavy (non-hydrogen) atoms. The van der Waals surface area contributed by atoms with E-state index in [0.717, 1.165) is 6.21 Å². The van der Waals surface area contributed by atoms with E-state index in [2.05, 4.69) is 10.5 Å². The van der Waals surface area contributed by atoms with Crippen molar-refractivity contribution in [3.8, 4) is 0 Å². The Labute approximate surface area is 125 Å². The number of nitro groups is 1. The molecule has 0 aliphatic heterocycles. The smallest absolute Gasteiger partial charge is 0.267 e. The Bertz CT molecular complexity index is 759. The summed E-state index contributed by atoms with van der Waals surface area (Å²) in [6, 6.07) is 10.0. The third kappa shape index (κ3) is 3.51. The van der Waals surface area contributed by atoms with Crippen LogP contribution in [0.3, 0.4) is 0 Å². The first kappa shape index (κ1) is 15.3. The number of hydrogen-bond donors (Lipinski definition) is 1. The van der Waals surface area contributed by atoms with E-state index in [4.69, 9.17) is 0 Å². The van der Waals surface area contributed by atoms with Gasteiger partial charge in [0.05, 0.1) is 11.1 Å². The van der Waals surface area contributed by atoms with Crippen LogP contribution in [-0.4, -0.2) is 17.0 Å². The number of carbonyl (C=O) groups is 1. The van der Waals surface area contributed by atoms with E-state index in [9.17, 15) is 19.3 Å². The van der Waals surface area contributed by atoms with Crippen molar-refractivity contribution in [3.63, 3.8) is 0 Å². The molecule has 0 unspecified atom stereocenters. The second-order valence-corrected chi connectivity index (χ2v) is 4.48. The second kappa shape index (κ2) is 6.57. The predicted molar refractivity (Wildman–Crippen MR) is 79.3 cm³/mol. The van der Waals surface area contributed by atoms with Gasteiger partial charge in [0.25, 0.3) is 11.6 Å². The molecule has 0 atom stereocenters. The topological polar surface area (TPSA) is 84.6 Å². The van der Waals surface area contributed by atoms with Crippen molar-refractivity contribution in [1.82, 2.24) is 5.43 Å². The molecule has 0 saturated carbocycles. The first-order valence-corrected chi connectivity index (χ1v) is 6.32. The van der Waals surface area contributed by atoms with Gasteiger partial charge in [-0.25, -0.2) is 9.82 Å². The molecule has 0 saturated heterocycles. The summed E-state index contributed by atoms with van der Waals surface area (Å²) >= 11 is 0. The van der Waals surface area contributed by atoms with Crippen LogP contribution in [-0.2, 0) is 0 Å². The number of halogens is 1. The third-order valence-corrected chi connectivity index (χ3v) is 2.94. The van der Waals surface area contributed by atoms with Gasteiger partial charge in [0.1, 0.15) is 5.82 Å². The molecule has 6 nitrogen and oxygen atoms in total. The van der Waals surface area contributed by atoms with Gasteiger partial charge in [-0.2, -0.15) is 5.10 Å². The number of hydrazone groups is 1. The highest BCUT2D eigenvalue weighted by Crippen LogP contribution is 2.19. The number of nitrogens with zero attached hydrogens (tertiary/aromatic N) is 2. The average molecular weight is 301 g/mol. The van der Waals surface area contributed by atoms with Crippen molar-refractivity contribution < 1.29 is 14.1 Å². The minimum atomic E-state index is -0.615. The van der Waals surface area contributed by atoms with Crippen molar-refractivity contribution in [1.29, 1.82) is 0 Å². The van der Waals surface area contributed by atoms with E-state index in [1.165, 1.54) is 36.4 Å². The molecule has 7 heteroatoms. The van der Waals surface area contributed by atoms with Crippen LogP contribution in [0.4, 0.5) is 10.1 Å². The Hall–Kier alpha value is -3.09. The lowest BCUT2D eigenvalue weighted by atomic mass is 10.1. The second-order valence-electron chi connectivity index (χ2n) is 4.48. The van der Waals surface area contributed by atoms with Crippen LogP contribution in [0, 0.1) is 22.9 Å². The van der Waals surface area contributed by atoms with Gasteiger partial charge in [0.15, 0.2) is 0 Å². The van der Waals surface area contributed by atoms with Gasteiger partial charge in [-0.1, -0.05) is 24.3 Å². The molecule has 1 amide bonds. The molecule has 0 spiro atoms. The summed E-state index contributed by atoms with van der Waals surface area (Å²) in [6.07, 6.45) is 1.16. The van der Waals surface area contributed by atoms with E-state index in [-0.39, 0.29) is 16.8 Å². The zero-order valence-electron chi connectivity index (χ0n) is 11.6. The van der Waals surface area contributed by atoms with Crippen LogP contribution in [0.1, 0.15) is 21.5 Å².